The lowest BCUT2D eigenvalue weighted by molar-refractivity contribution is -0.126. The lowest BCUT2D eigenvalue weighted by Crippen LogP contribution is -2.46. The molecular formula is C19H30N2O4S. The molecule has 0 unspecified atom stereocenters. The number of piperidine rings is 1. The fourth-order valence-corrected chi connectivity index (χ4v) is 4.88. The number of hydrogen-bond acceptors (Lipinski definition) is 4. The molecule has 1 amide bonds. The van der Waals surface area contributed by atoms with Crippen LogP contribution in [0.5, 0.6) is 5.75 Å². The molecule has 1 aliphatic heterocycles. The van der Waals surface area contributed by atoms with E-state index in [1.807, 2.05) is 33.8 Å². The summed E-state index contributed by atoms with van der Waals surface area (Å²) in [5.41, 5.74) is 0.940. The first-order valence-electron chi connectivity index (χ1n) is 9.15. The van der Waals surface area contributed by atoms with Gasteiger partial charge < -0.3 is 10.1 Å². The van der Waals surface area contributed by atoms with Crippen molar-refractivity contribution in [3.8, 4) is 5.75 Å². The van der Waals surface area contributed by atoms with Crippen molar-refractivity contribution in [1.82, 2.24) is 9.62 Å². The third kappa shape index (κ3) is 4.57. The second-order valence-electron chi connectivity index (χ2n) is 7.43. The Morgan fingerprint density at radius 2 is 1.96 bits per heavy atom. The SMILES string of the molecule is COc1ccc(C(C)C)cc1S(=O)(=O)N1CCC[C@H](C(=O)NC(C)C)C1. The van der Waals surface area contributed by atoms with Gasteiger partial charge in [0.05, 0.1) is 13.0 Å². The predicted molar refractivity (Wildman–Crippen MR) is 102 cm³/mol. The van der Waals surface area contributed by atoms with E-state index in [-0.39, 0.29) is 35.2 Å². The minimum absolute atomic E-state index is 0.0392. The number of nitrogens with one attached hydrogen (secondary N) is 1. The van der Waals surface area contributed by atoms with Gasteiger partial charge in [0, 0.05) is 19.1 Å². The van der Waals surface area contributed by atoms with E-state index in [1.165, 1.54) is 11.4 Å². The van der Waals surface area contributed by atoms with Gasteiger partial charge >= 0.3 is 0 Å². The highest BCUT2D eigenvalue weighted by Gasteiger charge is 2.35. The van der Waals surface area contributed by atoms with E-state index in [1.54, 1.807) is 12.1 Å². The Kier molecular flexibility index (Phi) is 6.69. The molecule has 0 saturated carbocycles. The van der Waals surface area contributed by atoms with E-state index in [9.17, 15) is 13.2 Å². The fraction of sp³-hybridized carbons (Fsp3) is 0.632. The van der Waals surface area contributed by atoms with Crippen LogP contribution in [-0.2, 0) is 14.8 Å². The lowest BCUT2D eigenvalue weighted by Gasteiger charge is -2.32. The van der Waals surface area contributed by atoms with E-state index < -0.39 is 10.0 Å². The second-order valence-corrected chi connectivity index (χ2v) is 9.34. The molecule has 0 spiro atoms. The van der Waals surface area contributed by atoms with E-state index in [0.717, 1.165) is 5.56 Å². The van der Waals surface area contributed by atoms with Crippen molar-refractivity contribution < 1.29 is 17.9 Å². The van der Waals surface area contributed by atoms with Gasteiger partial charge in [-0.1, -0.05) is 19.9 Å². The number of amides is 1. The molecule has 1 fully saturated rings. The van der Waals surface area contributed by atoms with Crippen LogP contribution in [0.3, 0.4) is 0 Å². The van der Waals surface area contributed by atoms with Crippen LogP contribution in [0.4, 0.5) is 0 Å². The van der Waals surface area contributed by atoms with Crippen LogP contribution in [0.15, 0.2) is 23.1 Å². The number of carbonyl (C=O) groups excluding carboxylic acids is 1. The van der Waals surface area contributed by atoms with Crippen molar-refractivity contribution in [2.45, 2.75) is 57.4 Å². The number of benzene rings is 1. The predicted octanol–water partition coefficient (Wildman–Crippen LogP) is 2.74. The maximum atomic E-state index is 13.2. The third-order valence-corrected chi connectivity index (χ3v) is 6.54. The van der Waals surface area contributed by atoms with Gasteiger partial charge in [-0.3, -0.25) is 4.79 Å². The standard InChI is InChI=1S/C19H30N2O4S/c1-13(2)15-8-9-17(25-5)18(11-15)26(23,24)21-10-6-7-16(12-21)19(22)20-14(3)4/h8-9,11,13-14,16H,6-7,10,12H2,1-5H3,(H,20,22)/t16-/m0/s1. The highest BCUT2D eigenvalue weighted by Crippen LogP contribution is 2.32. The summed E-state index contributed by atoms with van der Waals surface area (Å²) in [5, 5.41) is 2.89. The Morgan fingerprint density at radius 3 is 2.54 bits per heavy atom. The normalized spacial score (nSPS) is 19.0. The van der Waals surface area contributed by atoms with Crippen molar-refractivity contribution >= 4 is 15.9 Å². The number of hydrogen-bond donors (Lipinski definition) is 1. The first kappa shape index (κ1) is 20.7. The molecule has 146 valence electrons. The highest BCUT2D eigenvalue weighted by molar-refractivity contribution is 7.89. The zero-order valence-corrected chi connectivity index (χ0v) is 17.1. The monoisotopic (exact) mass is 382 g/mol. The summed E-state index contributed by atoms with van der Waals surface area (Å²) in [6.45, 7) is 8.46. The summed E-state index contributed by atoms with van der Waals surface area (Å²) in [5.74, 6) is 0.145. The molecule has 7 heteroatoms. The number of nitrogens with zero attached hydrogens (tertiary/aromatic N) is 1. The molecule has 0 bridgehead atoms. The van der Waals surface area contributed by atoms with Crippen LogP contribution >= 0.6 is 0 Å². The van der Waals surface area contributed by atoms with Gasteiger partial charge in [0.2, 0.25) is 15.9 Å². The molecule has 2 rings (SSSR count). The van der Waals surface area contributed by atoms with Crippen molar-refractivity contribution in [1.29, 1.82) is 0 Å². The van der Waals surface area contributed by atoms with Crippen LogP contribution in [0.25, 0.3) is 0 Å². The van der Waals surface area contributed by atoms with Crippen molar-refractivity contribution in [3.63, 3.8) is 0 Å². The summed E-state index contributed by atoms with van der Waals surface area (Å²) in [6.07, 6.45) is 1.37. The summed E-state index contributed by atoms with van der Waals surface area (Å²) in [6, 6.07) is 5.32. The van der Waals surface area contributed by atoms with Gasteiger partial charge in [-0.15, -0.1) is 0 Å². The average molecular weight is 383 g/mol. The van der Waals surface area contributed by atoms with Crippen LogP contribution in [0.1, 0.15) is 52.0 Å². The molecular weight excluding hydrogens is 352 g/mol. The summed E-state index contributed by atoms with van der Waals surface area (Å²) < 4.78 is 33.2. The summed E-state index contributed by atoms with van der Waals surface area (Å²) in [4.78, 5) is 12.5. The Hall–Kier alpha value is -1.60. The fourth-order valence-electron chi connectivity index (χ4n) is 3.17. The zero-order chi connectivity index (χ0) is 19.5. The molecule has 26 heavy (non-hydrogen) atoms. The topological polar surface area (TPSA) is 75.7 Å². The van der Waals surface area contributed by atoms with Gasteiger partial charge in [-0.2, -0.15) is 4.31 Å². The Balaban J connectivity index is 2.32. The maximum Gasteiger partial charge on any atom is 0.246 e. The minimum Gasteiger partial charge on any atom is -0.495 e. The molecule has 6 nitrogen and oxygen atoms in total. The van der Waals surface area contributed by atoms with Gasteiger partial charge in [0.15, 0.2) is 0 Å². The summed E-state index contributed by atoms with van der Waals surface area (Å²) in [7, 11) is -2.26. The number of methoxy groups -OCH3 is 1. The van der Waals surface area contributed by atoms with Gasteiger partial charge in [-0.25, -0.2) is 8.42 Å². The van der Waals surface area contributed by atoms with E-state index in [0.29, 0.717) is 25.1 Å². The van der Waals surface area contributed by atoms with Crippen LogP contribution < -0.4 is 10.1 Å². The molecule has 1 saturated heterocycles. The summed E-state index contributed by atoms with van der Waals surface area (Å²) >= 11 is 0. The van der Waals surface area contributed by atoms with Crippen molar-refractivity contribution in [3.05, 3.63) is 23.8 Å². The number of sulfonamides is 1. The van der Waals surface area contributed by atoms with E-state index in [4.69, 9.17) is 4.74 Å². The van der Waals surface area contributed by atoms with E-state index >= 15 is 0 Å². The quantitative estimate of drug-likeness (QED) is 0.821. The number of rotatable bonds is 6. The molecule has 0 aromatic heterocycles. The largest absolute Gasteiger partial charge is 0.495 e. The average Bonchev–Trinajstić information content (AvgIpc) is 2.60. The van der Waals surface area contributed by atoms with E-state index in [2.05, 4.69) is 5.32 Å². The first-order chi connectivity index (χ1) is 12.2. The highest BCUT2D eigenvalue weighted by atomic mass is 32.2. The Labute approximate surface area is 157 Å². The van der Waals surface area contributed by atoms with Crippen LogP contribution in [0, 0.1) is 5.92 Å². The smallest absolute Gasteiger partial charge is 0.246 e. The van der Waals surface area contributed by atoms with Gasteiger partial charge in [-0.05, 0) is 50.3 Å². The molecule has 0 radical (unpaired) electrons. The number of ether oxygens (including phenoxy) is 1. The molecule has 0 aliphatic carbocycles. The van der Waals surface area contributed by atoms with Crippen LogP contribution in [-0.4, -0.2) is 44.9 Å². The second kappa shape index (κ2) is 8.39. The van der Waals surface area contributed by atoms with Crippen molar-refractivity contribution in [2.24, 2.45) is 5.92 Å². The Morgan fingerprint density at radius 1 is 1.27 bits per heavy atom. The molecule has 1 N–H and O–H groups in total. The van der Waals surface area contributed by atoms with Gasteiger partial charge in [0.1, 0.15) is 10.6 Å². The minimum atomic E-state index is -3.73. The number of carbonyl (C=O) groups is 1. The van der Waals surface area contributed by atoms with Crippen LogP contribution in [0.2, 0.25) is 0 Å². The van der Waals surface area contributed by atoms with Crippen molar-refractivity contribution in [2.75, 3.05) is 20.2 Å². The lowest BCUT2D eigenvalue weighted by atomic mass is 9.98. The zero-order valence-electron chi connectivity index (χ0n) is 16.3. The molecule has 1 aromatic rings. The third-order valence-electron chi connectivity index (χ3n) is 4.66. The molecule has 1 atom stereocenters. The van der Waals surface area contributed by atoms with Gasteiger partial charge in [0.25, 0.3) is 0 Å². The molecule has 1 aliphatic rings. The Bertz CT molecular complexity index is 744. The maximum absolute atomic E-state index is 13.2. The molecule has 1 heterocycles. The molecule has 1 aromatic carbocycles. The first-order valence-corrected chi connectivity index (χ1v) is 10.6.